The molecule has 6 rings (SSSR count). The molecule has 0 saturated heterocycles. The summed E-state index contributed by atoms with van der Waals surface area (Å²) in [5.41, 5.74) is 6.35. The summed E-state index contributed by atoms with van der Waals surface area (Å²) in [5.74, 6) is -0.500. The third-order valence-electron chi connectivity index (χ3n) is 9.18. The fourth-order valence-electron chi connectivity index (χ4n) is 6.82. The molecule has 0 aromatic heterocycles. The maximum absolute atomic E-state index is 13.4. The number of halogens is 4. The van der Waals surface area contributed by atoms with Gasteiger partial charge in [-0.05, 0) is 149 Å². The van der Waals surface area contributed by atoms with Crippen molar-refractivity contribution in [2.24, 2.45) is 0 Å². The van der Waals surface area contributed by atoms with Crippen molar-refractivity contribution in [3.8, 4) is 12.1 Å². The number of nitrogens with zero attached hydrogens (tertiary/aromatic N) is 4. The first-order chi connectivity index (χ1) is 23.1. The summed E-state index contributed by atoms with van der Waals surface area (Å²) in [6, 6.07) is 28.9. The van der Waals surface area contributed by atoms with Gasteiger partial charge in [0.2, 0.25) is 0 Å². The predicted molar refractivity (Wildman–Crippen MR) is 202 cm³/mol. The average molecular weight is 811 g/mol. The lowest BCUT2D eigenvalue weighted by Gasteiger charge is -2.31. The van der Waals surface area contributed by atoms with Gasteiger partial charge in [-0.3, -0.25) is 0 Å². The van der Waals surface area contributed by atoms with Crippen LogP contribution in [0.15, 0.2) is 84.9 Å². The van der Waals surface area contributed by atoms with Crippen LogP contribution in [-0.2, 0) is 33.9 Å². The average Bonchev–Trinajstić information content (AvgIpc) is 3.64. The molecule has 0 amide bonds. The number of nitriles is 2. The molecular weight excluding hydrogens is 766 g/mol. The van der Waals surface area contributed by atoms with E-state index in [0.717, 1.165) is 72.2 Å². The maximum atomic E-state index is 13.4. The third kappa shape index (κ3) is 9.05. The van der Waals surface area contributed by atoms with Crippen LogP contribution in [0.25, 0.3) is 0 Å². The summed E-state index contributed by atoms with van der Waals surface area (Å²) in [4.78, 5) is 4.29. The van der Waals surface area contributed by atoms with E-state index >= 15 is 0 Å². The molecule has 0 spiro atoms. The van der Waals surface area contributed by atoms with Crippen LogP contribution in [0.2, 0.25) is 0 Å². The maximum Gasteiger partial charge on any atom is 0.123 e. The van der Waals surface area contributed by atoms with Gasteiger partial charge in [0.1, 0.15) is 22.8 Å². The van der Waals surface area contributed by atoms with Gasteiger partial charge in [-0.15, -0.1) is 34.0 Å². The van der Waals surface area contributed by atoms with E-state index < -0.39 is 11.2 Å². The zero-order valence-corrected chi connectivity index (χ0v) is 32.3. The van der Waals surface area contributed by atoms with Crippen molar-refractivity contribution in [1.82, 2.24) is 9.80 Å². The highest BCUT2D eigenvalue weighted by Crippen LogP contribution is 2.47. The van der Waals surface area contributed by atoms with Crippen LogP contribution >= 0.6 is 34.0 Å². The minimum absolute atomic E-state index is 0. The molecule has 2 aliphatic rings. The van der Waals surface area contributed by atoms with Gasteiger partial charge in [-0.25, -0.2) is 8.78 Å². The highest BCUT2D eigenvalue weighted by Gasteiger charge is 2.42. The number of fused-ring (bicyclic) bond motifs is 2. The number of ether oxygens (including phenoxy) is 2. The van der Waals surface area contributed by atoms with Crippen molar-refractivity contribution in [3.05, 3.63) is 141 Å². The Bertz CT molecular complexity index is 1670. The summed E-state index contributed by atoms with van der Waals surface area (Å²) in [5, 5.41) is 18.2. The largest absolute Gasteiger partial charge is 0.361 e. The molecule has 50 heavy (non-hydrogen) atoms. The van der Waals surface area contributed by atoms with Crippen LogP contribution in [0.4, 0.5) is 8.78 Å². The summed E-state index contributed by atoms with van der Waals surface area (Å²) in [7, 11) is 8.20. The van der Waals surface area contributed by atoms with Gasteiger partial charge in [0, 0.05) is 0 Å². The van der Waals surface area contributed by atoms with E-state index in [1.54, 1.807) is 24.3 Å². The smallest absolute Gasteiger partial charge is 0.123 e. The van der Waals surface area contributed by atoms with Crippen molar-refractivity contribution in [1.29, 1.82) is 10.5 Å². The second-order valence-electron chi connectivity index (χ2n) is 13.0. The van der Waals surface area contributed by atoms with Gasteiger partial charge in [0.25, 0.3) is 0 Å². The standard InChI is InChI=1S/2C20H21FN2O.2BrH/c2*1-23(2)11-3-10-20(17-5-7-18(21)8-6-17)19-9-4-15(13-22)12-16(19)14-24-20;;/h2*4-9,12H,3,10-11,14H2,1-2H3;2*1H. The topological polar surface area (TPSA) is 72.5 Å². The first-order valence-corrected chi connectivity index (χ1v) is 16.3. The molecule has 0 fully saturated rings. The Kier molecular flexibility index (Phi) is 14.9. The van der Waals surface area contributed by atoms with E-state index in [4.69, 9.17) is 20.0 Å². The van der Waals surface area contributed by atoms with E-state index in [-0.39, 0.29) is 45.6 Å². The minimum Gasteiger partial charge on any atom is -0.361 e. The lowest BCUT2D eigenvalue weighted by atomic mass is 9.81. The Balaban J connectivity index is 0.000000260. The second kappa shape index (κ2) is 18.1. The lowest BCUT2D eigenvalue weighted by molar-refractivity contribution is -0.0141. The molecule has 2 unspecified atom stereocenters. The summed E-state index contributed by atoms with van der Waals surface area (Å²) < 4.78 is 39.3. The molecule has 2 aliphatic heterocycles. The Morgan fingerprint density at radius 1 is 0.600 bits per heavy atom. The van der Waals surface area contributed by atoms with Gasteiger partial charge >= 0.3 is 0 Å². The first-order valence-electron chi connectivity index (χ1n) is 16.3. The van der Waals surface area contributed by atoms with Crippen LogP contribution < -0.4 is 0 Å². The minimum atomic E-state index is -0.562. The lowest BCUT2D eigenvalue weighted by Crippen LogP contribution is -2.28. The highest BCUT2D eigenvalue weighted by atomic mass is 79.9. The van der Waals surface area contributed by atoms with Gasteiger partial charge in [-0.2, -0.15) is 10.5 Å². The monoisotopic (exact) mass is 808 g/mol. The fraction of sp³-hybridized carbons (Fsp3) is 0.350. The zero-order chi connectivity index (χ0) is 34.3. The van der Waals surface area contributed by atoms with Crippen molar-refractivity contribution in [2.75, 3.05) is 41.3 Å². The highest BCUT2D eigenvalue weighted by molar-refractivity contribution is 8.93. The molecule has 4 aromatic rings. The third-order valence-corrected chi connectivity index (χ3v) is 9.18. The Hall–Kier alpha value is -3.48. The summed E-state index contributed by atoms with van der Waals surface area (Å²) >= 11 is 0. The van der Waals surface area contributed by atoms with Gasteiger partial charge in [-0.1, -0.05) is 36.4 Å². The first kappa shape index (κ1) is 40.9. The molecule has 0 saturated carbocycles. The van der Waals surface area contributed by atoms with Crippen molar-refractivity contribution in [2.45, 2.75) is 50.1 Å². The number of rotatable bonds is 10. The van der Waals surface area contributed by atoms with Crippen molar-refractivity contribution >= 4 is 34.0 Å². The number of hydrogen-bond donors (Lipinski definition) is 0. The van der Waals surface area contributed by atoms with Crippen LogP contribution in [0.1, 0.15) is 70.2 Å². The Morgan fingerprint density at radius 3 is 1.28 bits per heavy atom. The molecule has 4 aromatic carbocycles. The number of benzene rings is 4. The molecule has 0 bridgehead atoms. The second-order valence-corrected chi connectivity index (χ2v) is 13.0. The molecule has 6 nitrogen and oxygen atoms in total. The zero-order valence-electron chi connectivity index (χ0n) is 28.9. The van der Waals surface area contributed by atoms with E-state index in [0.29, 0.717) is 24.3 Å². The molecule has 0 aliphatic carbocycles. The summed E-state index contributed by atoms with van der Waals surface area (Å²) in [6.07, 6.45) is 3.55. The van der Waals surface area contributed by atoms with Crippen LogP contribution in [0.5, 0.6) is 0 Å². The van der Waals surface area contributed by atoms with Crippen molar-refractivity contribution < 1.29 is 18.3 Å². The van der Waals surface area contributed by atoms with Gasteiger partial charge in [0.15, 0.2) is 0 Å². The molecule has 264 valence electrons. The van der Waals surface area contributed by atoms with Crippen molar-refractivity contribution in [3.63, 3.8) is 0 Å². The Labute approximate surface area is 315 Å². The molecule has 2 heterocycles. The van der Waals surface area contributed by atoms with Crippen LogP contribution in [-0.4, -0.2) is 51.1 Å². The van der Waals surface area contributed by atoms with Gasteiger partial charge in [0.05, 0.1) is 36.5 Å². The van der Waals surface area contributed by atoms with Crippen LogP contribution in [0.3, 0.4) is 0 Å². The van der Waals surface area contributed by atoms with E-state index in [2.05, 4.69) is 21.9 Å². The normalized spacial score (nSPS) is 18.5. The van der Waals surface area contributed by atoms with E-state index in [9.17, 15) is 8.78 Å². The molecule has 2 atom stereocenters. The molecule has 0 radical (unpaired) electrons. The Morgan fingerprint density at radius 2 is 0.960 bits per heavy atom. The SMILES string of the molecule is Br.Br.CN(C)CCCC1(c2ccc(F)cc2)OCc2cc(C#N)ccc21.CN(C)CCCC1(c2ccc(F)cc2)OCc2cc(C#N)ccc21. The summed E-state index contributed by atoms with van der Waals surface area (Å²) in [6.45, 7) is 2.87. The molecule has 10 heteroatoms. The van der Waals surface area contributed by atoms with Crippen LogP contribution in [0, 0.1) is 34.3 Å². The molecular formula is C40H44Br2F2N4O2. The molecule has 0 N–H and O–H groups in total. The quantitative estimate of drug-likeness (QED) is 0.160. The number of hydrogen-bond acceptors (Lipinski definition) is 6. The predicted octanol–water partition coefficient (Wildman–Crippen LogP) is 8.78. The van der Waals surface area contributed by atoms with Gasteiger partial charge < -0.3 is 19.3 Å². The fourth-order valence-corrected chi connectivity index (χ4v) is 6.82. The van der Waals surface area contributed by atoms with E-state index in [1.807, 2.05) is 64.6 Å². The van der Waals surface area contributed by atoms with E-state index in [1.165, 1.54) is 24.3 Å².